The number of hydrogen-bond donors (Lipinski definition) is 3. The number of thiophene rings is 1. The van der Waals surface area contributed by atoms with E-state index in [4.69, 9.17) is 10.6 Å². The maximum absolute atomic E-state index is 5.41. The maximum atomic E-state index is 5.41. The Hall–Kier alpha value is -1.11. The van der Waals surface area contributed by atoms with Crippen molar-refractivity contribution in [2.45, 2.75) is 26.4 Å². The molecule has 1 rings (SSSR count). The number of nitrogens with zero attached hydrogens (tertiary/aromatic N) is 1. The van der Waals surface area contributed by atoms with Gasteiger partial charge in [0.1, 0.15) is 0 Å². The minimum Gasteiger partial charge on any atom is -0.383 e. The molecule has 1 heterocycles. The number of rotatable bonds is 5. The topological polar surface area (TPSA) is 71.7 Å². The second kappa shape index (κ2) is 7.26. The Morgan fingerprint density at radius 1 is 1.65 bits per heavy atom. The average Bonchev–Trinajstić information content (AvgIpc) is 2.70. The fraction of sp³-hybridized carbons (Fsp3) is 0.545. The van der Waals surface area contributed by atoms with Crippen LogP contribution in [0.1, 0.15) is 17.4 Å². The van der Waals surface area contributed by atoms with Gasteiger partial charge in [-0.1, -0.05) is 0 Å². The van der Waals surface area contributed by atoms with Crippen LogP contribution in [0.4, 0.5) is 0 Å². The standard InChI is InChI=1S/C11H20N4OS/c1-8-4-5-17-10(8)6-13-11(15-12)14-9(2)7-16-3/h4-5,9H,6-7,12H2,1-3H3,(H2,13,14,15). The molecule has 1 atom stereocenters. The number of hydrogen-bond acceptors (Lipinski definition) is 4. The molecule has 0 aliphatic heterocycles. The SMILES string of the molecule is COCC(C)NC(=NCc1sccc1C)NN. The molecule has 1 unspecified atom stereocenters. The minimum absolute atomic E-state index is 0.166. The van der Waals surface area contributed by atoms with Crippen molar-refractivity contribution >= 4 is 17.3 Å². The van der Waals surface area contributed by atoms with Crippen LogP contribution >= 0.6 is 11.3 Å². The lowest BCUT2D eigenvalue weighted by atomic mass is 10.3. The van der Waals surface area contributed by atoms with Gasteiger partial charge in [-0.2, -0.15) is 0 Å². The number of nitrogens with one attached hydrogen (secondary N) is 2. The van der Waals surface area contributed by atoms with E-state index in [1.165, 1.54) is 10.4 Å². The average molecular weight is 256 g/mol. The lowest BCUT2D eigenvalue weighted by Gasteiger charge is -2.15. The summed E-state index contributed by atoms with van der Waals surface area (Å²) in [5, 5.41) is 5.21. The molecular formula is C11H20N4OS. The van der Waals surface area contributed by atoms with Gasteiger partial charge in [-0.25, -0.2) is 10.8 Å². The first kappa shape index (κ1) is 14.0. The summed E-state index contributed by atoms with van der Waals surface area (Å²) in [6.07, 6.45) is 0. The third-order valence-electron chi connectivity index (χ3n) is 2.29. The van der Waals surface area contributed by atoms with Gasteiger partial charge in [-0.3, -0.25) is 5.43 Å². The smallest absolute Gasteiger partial charge is 0.206 e. The van der Waals surface area contributed by atoms with Crippen LogP contribution in [0.2, 0.25) is 0 Å². The predicted molar refractivity (Wildman–Crippen MR) is 72.0 cm³/mol. The van der Waals surface area contributed by atoms with E-state index < -0.39 is 0 Å². The normalized spacial score (nSPS) is 13.5. The number of aliphatic imine (C=N–C) groups is 1. The van der Waals surface area contributed by atoms with Crippen molar-refractivity contribution in [1.82, 2.24) is 10.7 Å². The summed E-state index contributed by atoms with van der Waals surface area (Å²) in [4.78, 5) is 5.64. The Balaban J connectivity index is 2.52. The number of nitrogens with two attached hydrogens (primary N) is 1. The second-order valence-corrected chi connectivity index (χ2v) is 4.84. The molecule has 0 aliphatic rings. The van der Waals surface area contributed by atoms with E-state index in [1.54, 1.807) is 18.4 Å². The molecule has 0 radical (unpaired) electrons. The molecule has 0 amide bonds. The minimum atomic E-state index is 0.166. The van der Waals surface area contributed by atoms with Crippen molar-refractivity contribution in [1.29, 1.82) is 0 Å². The molecule has 0 aliphatic carbocycles. The first-order valence-electron chi connectivity index (χ1n) is 5.47. The van der Waals surface area contributed by atoms with Crippen molar-refractivity contribution in [3.05, 3.63) is 21.9 Å². The molecule has 0 bridgehead atoms. The first-order chi connectivity index (χ1) is 8.17. The summed E-state index contributed by atoms with van der Waals surface area (Å²) in [5.74, 6) is 6.00. The van der Waals surface area contributed by atoms with Gasteiger partial charge in [0.05, 0.1) is 13.2 Å². The summed E-state index contributed by atoms with van der Waals surface area (Å²) in [5.41, 5.74) is 3.83. The number of aryl methyl sites for hydroxylation is 1. The summed E-state index contributed by atoms with van der Waals surface area (Å²) >= 11 is 1.70. The summed E-state index contributed by atoms with van der Waals surface area (Å²) in [6.45, 7) is 5.33. The van der Waals surface area contributed by atoms with Gasteiger partial charge >= 0.3 is 0 Å². The van der Waals surface area contributed by atoms with Gasteiger partial charge < -0.3 is 10.1 Å². The van der Waals surface area contributed by atoms with Crippen LogP contribution in [0, 0.1) is 6.92 Å². The highest BCUT2D eigenvalue weighted by atomic mass is 32.1. The highest BCUT2D eigenvalue weighted by Crippen LogP contribution is 2.16. The summed E-state index contributed by atoms with van der Waals surface area (Å²) in [7, 11) is 1.67. The molecule has 1 aromatic heterocycles. The molecule has 0 saturated carbocycles. The van der Waals surface area contributed by atoms with Crippen molar-refractivity contribution < 1.29 is 4.74 Å². The fourth-order valence-corrected chi connectivity index (χ4v) is 2.20. The van der Waals surface area contributed by atoms with E-state index in [9.17, 15) is 0 Å². The third-order valence-corrected chi connectivity index (χ3v) is 3.29. The van der Waals surface area contributed by atoms with E-state index in [0.29, 0.717) is 19.1 Å². The zero-order valence-corrected chi connectivity index (χ0v) is 11.3. The third kappa shape index (κ3) is 4.72. The molecule has 0 fully saturated rings. The highest BCUT2D eigenvalue weighted by molar-refractivity contribution is 7.10. The Labute approximate surface area is 106 Å². The van der Waals surface area contributed by atoms with Crippen molar-refractivity contribution in [2.24, 2.45) is 10.8 Å². The van der Waals surface area contributed by atoms with Gasteiger partial charge in [0.25, 0.3) is 0 Å². The lowest BCUT2D eigenvalue weighted by Crippen LogP contribution is -2.46. The molecule has 0 spiro atoms. The molecule has 6 heteroatoms. The molecule has 17 heavy (non-hydrogen) atoms. The summed E-state index contributed by atoms with van der Waals surface area (Å²) in [6, 6.07) is 2.26. The van der Waals surface area contributed by atoms with Gasteiger partial charge in [-0.05, 0) is 30.9 Å². The number of ether oxygens (including phenoxy) is 1. The van der Waals surface area contributed by atoms with Crippen LogP contribution in [0.3, 0.4) is 0 Å². The Bertz CT molecular complexity index is 364. The molecule has 5 nitrogen and oxygen atoms in total. The molecule has 0 saturated heterocycles. The van der Waals surface area contributed by atoms with E-state index in [-0.39, 0.29) is 6.04 Å². The molecule has 4 N–H and O–H groups in total. The van der Waals surface area contributed by atoms with E-state index in [0.717, 1.165) is 0 Å². The van der Waals surface area contributed by atoms with Crippen LogP contribution in [-0.2, 0) is 11.3 Å². The number of methoxy groups -OCH3 is 1. The molecular weight excluding hydrogens is 236 g/mol. The van der Waals surface area contributed by atoms with Crippen LogP contribution < -0.4 is 16.6 Å². The van der Waals surface area contributed by atoms with Crippen molar-refractivity contribution in [2.75, 3.05) is 13.7 Å². The predicted octanol–water partition coefficient (Wildman–Crippen LogP) is 1.00. The van der Waals surface area contributed by atoms with Crippen LogP contribution in [0.25, 0.3) is 0 Å². The molecule has 96 valence electrons. The monoisotopic (exact) mass is 256 g/mol. The lowest BCUT2D eigenvalue weighted by molar-refractivity contribution is 0.179. The highest BCUT2D eigenvalue weighted by Gasteiger charge is 2.04. The Morgan fingerprint density at radius 3 is 2.94 bits per heavy atom. The molecule has 1 aromatic rings. The zero-order valence-electron chi connectivity index (χ0n) is 10.5. The van der Waals surface area contributed by atoms with E-state index >= 15 is 0 Å². The van der Waals surface area contributed by atoms with Crippen LogP contribution in [-0.4, -0.2) is 25.7 Å². The van der Waals surface area contributed by atoms with Crippen molar-refractivity contribution in [3.8, 4) is 0 Å². The van der Waals surface area contributed by atoms with Gasteiger partial charge in [0, 0.05) is 18.0 Å². The Kier molecular flexibility index (Phi) is 5.96. The van der Waals surface area contributed by atoms with E-state index in [2.05, 4.69) is 34.1 Å². The summed E-state index contributed by atoms with van der Waals surface area (Å²) < 4.78 is 5.03. The zero-order chi connectivity index (χ0) is 12.7. The number of hydrazine groups is 1. The van der Waals surface area contributed by atoms with Crippen LogP contribution in [0.5, 0.6) is 0 Å². The van der Waals surface area contributed by atoms with Crippen LogP contribution in [0.15, 0.2) is 16.4 Å². The largest absolute Gasteiger partial charge is 0.383 e. The quantitative estimate of drug-likeness (QED) is 0.318. The first-order valence-corrected chi connectivity index (χ1v) is 6.34. The van der Waals surface area contributed by atoms with Crippen molar-refractivity contribution in [3.63, 3.8) is 0 Å². The van der Waals surface area contributed by atoms with Gasteiger partial charge in [0.15, 0.2) is 0 Å². The van der Waals surface area contributed by atoms with E-state index in [1.807, 2.05) is 6.92 Å². The molecule has 0 aromatic carbocycles. The van der Waals surface area contributed by atoms with Gasteiger partial charge in [0.2, 0.25) is 5.96 Å². The Morgan fingerprint density at radius 2 is 2.41 bits per heavy atom. The fourth-order valence-electron chi connectivity index (χ4n) is 1.37. The second-order valence-electron chi connectivity index (χ2n) is 3.84. The number of guanidine groups is 1. The maximum Gasteiger partial charge on any atom is 0.206 e. The van der Waals surface area contributed by atoms with Gasteiger partial charge in [-0.15, -0.1) is 11.3 Å².